The molecule has 0 radical (unpaired) electrons. The first-order valence-electron chi connectivity index (χ1n) is 8.18. The summed E-state index contributed by atoms with van der Waals surface area (Å²) in [7, 11) is 1.59. The van der Waals surface area contributed by atoms with E-state index in [2.05, 4.69) is 36.8 Å². The SMILES string of the molecule is COc1ccccc1-n1nnnc1SCC(=O)NC(C)c1ccc(Br)cc1. The number of carbonyl (C=O) groups excluding carboxylic acids is 1. The molecule has 0 bridgehead atoms. The number of methoxy groups -OCH3 is 1. The monoisotopic (exact) mass is 447 g/mol. The van der Waals surface area contributed by atoms with Crippen LogP contribution in [-0.2, 0) is 4.79 Å². The molecule has 3 rings (SSSR count). The van der Waals surface area contributed by atoms with Crippen molar-refractivity contribution in [1.29, 1.82) is 0 Å². The smallest absolute Gasteiger partial charge is 0.230 e. The van der Waals surface area contributed by atoms with Gasteiger partial charge in [-0.3, -0.25) is 4.79 Å². The molecule has 1 amide bonds. The van der Waals surface area contributed by atoms with E-state index < -0.39 is 0 Å². The van der Waals surface area contributed by atoms with E-state index in [9.17, 15) is 4.79 Å². The van der Waals surface area contributed by atoms with Gasteiger partial charge in [-0.1, -0.05) is 52.0 Å². The zero-order valence-corrected chi connectivity index (χ0v) is 17.2. The Bertz CT molecular complexity index is 916. The minimum absolute atomic E-state index is 0.0867. The van der Waals surface area contributed by atoms with E-state index in [0.717, 1.165) is 15.7 Å². The number of hydrogen-bond donors (Lipinski definition) is 1. The van der Waals surface area contributed by atoms with Crippen LogP contribution >= 0.6 is 27.7 Å². The van der Waals surface area contributed by atoms with Crippen molar-refractivity contribution in [2.45, 2.75) is 18.1 Å². The van der Waals surface area contributed by atoms with Crippen LogP contribution in [0.15, 0.2) is 58.2 Å². The van der Waals surface area contributed by atoms with Crippen molar-refractivity contribution in [3.05, 3.63) is 58.6 Å². The minimum Gasteiger partial charge on any atom is -0.494 e. The van der Waals surface area contributed by atoms with Gasteiger partial charge < -0.3 is 10.1 Å². The summed E-state index contributed by atoms with van der Waals surface area (Å²) >= 11 is 4.68. The lowest BCUT2D eigenvalue weighted by molar-refractivity contribution is -0.119. The van der Waals surface area contributed by atoms with Crippen molar-refractivity contribution in [2.24, 2.45) is 0 Å². The number of tetrazole rings is 1. The molecular weight excluding hydrogens is 430 g/mol. The number of benzene rings is 2. The average molecular weight is 448 g/mol. The van der Waals surface area contributed by atoms with E-state index in [1.807, 2.05) is 55.5 Å². The largest absolute Gasteiger partial charge is 0.494 e. The lowest BCUT2D eigenvalue weighted by atomic mass is 10.1. The van der Waals surface area contributed by atoms with Crippen LogP contribution in [0.25, 0.3) is 5.69 Å². The molecule has 2 aromatic carbocycles. The summed E-state index contributed by atoms with van der Waals surface area (Å²) < 4.78 is 7.92. The minimum atomic E-state index is -0.0926. The predicted molar refractivity (Wildman–Crippen MR) is 107 cm³/mol. The molecule has 0 spiro atoms. The van der Waals surface area contributed by atoms with Gasteiger partial charge >= 0.3 is 0 Å². The summed E-state index contributed by atoms with van der Waals surface area (Å²) in [5, 5.41) is 15.2. The third-order valence-corrected chi connectivity index (χ3v) is 5.28. The van der Waals surface area contributed by atoms with Gasteiger partial charge in [-0.15, -0.1) is 5.10 Å². The number of halogens is 1. The average Bonchev–Trinajstić information content (AvgIpc) is 3.15. The lowest BCUT2D eigenvalue weighted by Gasteiger charge is -2.14. The molecule has 1 N–H and O–H groups in total. The van der Waals surface area contributed by atoms with Gasteiger partial charge in [-0.2, -0.15) is 4.68 Å². The molecule has 27 heavy (non-hydrogen) atoms. The molecule has 0 aliphatic rings. The van der Waals surface area contributed by atoms with Gasteiger partial charge in [-0.05, 0) is 47.2 Å². The van der Waals surface area contributed by atoms with Crippen LogP contribution in [0.2, 0.25) is 0 Å². The van der Waals surface area contributed by atoms with E-state index in [1.165, 1.54) is 11.8 Å². The normalized spacial score (nSPS) is 11.8. The fourth-order valence-electron chi connectivity index (χ4n) is 2.47. The van der Waals surface area contributed by atoms with Gasteiger partial charge in [0.1, 0.15) is 11.4 Å². The number of ether oxygens (including phenoxy) is 1. The number of para-hydroxylation sites is 2. The highest BCUT2D eigenvalue weighted by atomic mass is 79.9. The number of carbonyl (C=O) groups is 1. The first kappa shape index (κ1) is 19.4. The van der Waals surface area contributed by atoms with E-state index in [4.69, 9.17) is 4.74 Å². The van der Waals surface area contributed by atoms with Gasteiger partial charge in [0.25, 0.3) is 0 Å². The van der Waals surface area contributed by atoms with Crippen LogP contribution in [0.4, 0.5) is 0 Å². The molecule has 7 nitrogen and oxygen atoms in total. The third-order valence-electron chi connectivity index (χ3n) is 3.83. The standard InChI is InChI=1S/C18H18BrN5O2S/c1-12(13-7-9-14(19)10-8-13)20-17(25)11-27-18-21-22-23-24(18)15-5-3-4-6-16(15)26-2/h3-10,12H,11H2,1-2H3,(H,20,25). The van der Waals surface area contributed by atoms with Crippen LogP contribution in [0.3, 0.4) is 0 Å². The summed E-state index contributed by atoms with van der Waals surface area (Å²) in [6.45, 7) is 1.95. The van der Waals surface area contributed by atoms with Crippen LogP contribution in [-0.4, -0.2) is 39.0 Å². The fraction of sp³-hybridized carbons (Fsp3) is 0.222. The summed E-state index contributed by atoms with van der Waals surface area (Å²) in [6.07, 6.45) is 0. The van der Waals surface area contributed by atoms with Crippen molar-refractivity contribution >= 4 is 33.6 Å². The molecule has 1 atom stereocenters. The number of rotatable bonds is 7. The van der Waals surface area contributed by atoms with Crippen molar-refractivity contribution < 1.29 is 9.53 Å². The van der Waals surface area contributed by atoms with Crippen molar-refractivity contribution in [1.82, 2.24) is 25.5 Å². The number of nitrogens with one attached hydrogen (secondary N) is 1. The summed E-state index contributed by atoms with van der Waals surface area (Å²) in [4.78, 5) is 12.3. The summed E-state index contributed by atoms with van der Waals surface area (Å²) in [5.74, 6) is 0.765. The maximum atomic E-state index is 12.3. The highest BCUT2D eigenvalue weighted by Crippen LogP contribution is 2.25. The number of amides is 1. The van der Waals surface area contributed by atoms with E-state index in [-0.39, 0.29) is 17.7 Å². The molecular formula is C18H18BrN5O2S. The zero-order valence-electron chi connectivity index (χ0n) is 14.8. The Morgan fingerprint density at radius 1 is 1.26 bits per heavy atom. The first-order valence-corrected chi connectivity index (χ1v) is 9.95. The molecule has 0 aliphatic heterocycles. The van der Waals surface area contributed by atoms with Gasteiger partial charge in [0.05, 0.1) is 18.9 Å². The molecule has 0 saturated heterocycles. The number of thioether (sulfide) groups is 1. The highest BCUT2D eigenvalue weighted by molar-refractivity contribution is 9.10. The van der Waals surface area contributed by atoms with Gasteiger partial charge in [0.2, 0.25) is 11.1 Å². The Hall–Kier alpha value is -2.39. The second-order valence-electron chi connectivity index (χ2n) is 5.67. The number of nitrogens with zero attached hydrogens (tertiary/aromatic N) is 4. The Kier molecular flexibility index (Phi) is 6.46. The lowest BCUT2D eigenvalue weighted by Crippen LogP contribution is -2.28. The second kappa shape index (κ2) is 9.01. The fourth-order valence-corrected chi connectivity index (χ4v) is 3.43. The summed E-state index contributed by atoms with van der Waals surface area (Å²) in [6, 6.07) is 15.2. The van der Waals surface area contributed by atoms with Crippen LogP contribution in [0, 0.1) is 0 Å². The maximum absolute atomic E-state index is 12.3. The predicted octanol–water partition coefficient (Wildman–Crippen LogP) is 3.40. The number of hydrogen-bond acceptors (Lipinski definition) is 6. The van der Waals surface area contributed by atoms with Crippen molar-refractivity contribution in [3.63, 3.8) is 0 Å². The maximum Gasteiger partial charge on any atom is 0.230 e. The van der Waals surface area contributed by atoms with Crippen molar-refractivity contribution in [3.8, 4) is 11.4 Å². The van der Waals surface area contributed by atoms with Crippen LogP contribution in [0.1, 0.15) is 18.5 Å². The molecule has 0 aliphatic carbocycles. The summed E-state index contributed by atoms with van der Waals surface area (Å²) in [5.41, 5.74) is 1.76. The van der Waals surface area contributed by atoms with E-state index >= 15 is 0 Å². The molecule has 9 heteroatoms. The van der Waals surface area contributed by atoms with E-state index in [1.54, 1.807) is 11.8 Å². The topological polar surface area (TPSA) is 81.9 Å². The van der Waals surface area contributed by atoms with Gasteiger partial charge in [0, 0.05) is 4.47 Å². The quantitative estimate of drug-likeness (QED) is 0.558. The van der Waals surface area contributed by atoms with Crippen LogP contribution in [0.5, 0.6) is 5.75 Å². The molecule has 1 unspecified atom stereocenters. The third kappa shape index (κ3) is 4.86. The second-order valence-corrected chi connectivity index (χ2v) is 7.53. The Morgan fingerprint density at radius 3 is 2.74 bits per heavy atom. The first-order chi connectivity index (χ1) is 13.1. The molecule has 3 aromatic rings. The molecule has 140 valence electrons. The van der Waals surface area contributed by atoms with Crippen LogP contribution < -0.4 is 10.1 Å². The zero-order chi connectivity index (χ0) is 19.2. The molecule has 0 fully saturated rings. The van der Waals surface area contributed by atoms with Gasteiger partial charge in [-0.25, -0.2) is 0 Å². The van der Waals surface area contributed by atoms with Gasteiger partial charge in [0.15, 0.2) is 0 Å². The Morgan fingerprint density at radius 2 is 2.00 bits per heavy atom. The Balaban J connectivity index is 1.63. The molecule has 1 aromatic heterocycles. The molecule has 0 saturated carbocycles. The Labute approximate surface area is 169 Å². The molecule has 1 heterocycles. The van der Waals surface area contributed by atoms with E-state index in [0.29, 0.717) is 10.9 Å². The number of aromatic nitrogens is 4. The van der Waals surface area contributed by atoms with Crippen molar-refractivity contribution in [2.75, 3.05) is 12.9 Å². The highest BCUT2D eigenvalue weighted by Gasteiger charge is 2.15.